The fourth-order valence-corrected chi connectivity index (χ4v) is 3.32. The number of rotatable bonds is 6. The number of thioether (sulfide) groups is 1. The van der Waals surface area contributed by atoms with E-state index in [1.54, 1.807) is 11.8 Å². The Balaban J connectivity index is 2.69. The Morgan fingerprint density at radius 1 is 1.50 bits per heavy atom. The number of carboxylic acids is 1. The predicted molar refractivity (Wildman–Crippen MR) is 82.0 cm³/mol. The zero-order valence-corrected chi connectivity index (χ0v) is 13.6. The first-order chi connectivity index (χ1) is 9.26. The molecule has 0 saturated carbocycles. The Bertz CT molecular complexity index is 360. The van der Waals surface area contributed by atoms with Gasteiger partial charge in [0, 0.05) is 29.6 Å². The van der Waals surface area contributed by atoms with Gasteiger partial charge in [-0.1, -0.05) is 6.92 Å². The van der Waals surface area contributed by atoms with Crippen molar-refractivity contribution in [2.45, 2.75) is 58.2 Å². The molecule has 2 atom stereocenters. The summed E-state index contributed by atoms with van der Waals surface area (Å²) < 4.78 is 0. The zero-order valence-electron chi connectivity index (χ0n) is 12.8. The Labute approximate surface area is 125 Å². The summed E-state index contributed by atoms with van der Waals surface area (Å²) in [6.07, 6.45) is 0.960. The van der Waals surface area contributed by atoms with E-state index in [0.717, 1.165) is 24.5 Å². The van der Waals surface area contributed by atoms with Gasteiger partial charge in [0.25, 0.3) is 0 Å². The van der Waals surface area contributed by atoms with Gasteiger partial charge in [-0.2, -0.15) is 11.8 Å². The summed E-state index contributed by atoms with van der Waals surface area (Å²) in [6.45, 7) is 8.67. The molecule has 2 unspecified atom stereocenters. The number of carboxylic acid groups (broad SMARTS) is 1. The van der Waals surface area contributed by atoms with Crippen molar-refractivity contribution in [2.75, 3.05) is 18.1 Å². The lowest BCUT2D eigenvalue weighted by Gasteiger charge is -2.39. The standard InChI is InChI=1S/C14H26N2O3S/c1-5-14(3,4)15-13(19)10(2)16-6-7-20-9-11(16)8-12(17)18/h10-11H,5-9H2,1-4H3,(H,15,19)(H,17,18). The number of hydrogen-bond acceptors (Lipinski definition) is 4. The highest BCUT2D eigenvalue weighted by molar-refractivity contribution is 7.99. The molecule has 1 rings (SSSR count). The van der Waals surface area contributed by atoms with Crippen LogP contribution in [0.1, 0.15) is 40.5 Å². The van der Waals surface area contributed by atoms with Crippen LogP contribution in [0.2, 0.25) is 0 Å². The van der Waals surface area contributed by atoms with Crippen LogP contribution < -0.4 is 5.32 Å². The maximum Gasteiger partial charge on any atom is 0.304 e. The molecular weight excluding hydrogens is 276 g/mol. The molecule has 5 nitrogen and oxygen atoms in total. The lowest BCUT2D eigenvalue weighted by Crippen LogP contribution is -2.56. The SMILES string of the molecule is CCC(C)(C)NC(=O)C(C)N1CCSCC1CC(=O)O. The molecule has 0 spiro atoms. The third kappa shape index (κ3) is 4.98. The molecular formula is C14H26N2O3S. The molecule has 1 amide bonds. The Morgan fingerprint density at radius 2 is 2.15 bits per heavy atom. The van der Waals surface area contributed by atoms with E-state index in [1.165, 1.54) is 0 Å². The first-order valence-electron chi connectivity index (χ1n) is 7.14. The lowest BCUT2D eigenvalue weighted by atomic mass is 10.0. The lowest BCUT2D eigenvalue weighted by molar-refractivity contribution is -0.139. The number of amides is 1. The third-order valence-electron chi connectivity index (χ3n) is 3.91. The van der Waals surface area contributed by atoms with E-state index in [-0.39, 0.29) is 30.0 Å². The second kappa shape index (κ2) is 7.31. The summed E-state index contributed by atoms with van der Waals surface area (Å²) in [6, 6.07) is -0.345. The molecule has 2 N–H and O–H groups in total. The highest BCUT2D eigenvalue weighted by Gasteiger charge is 2.33. The molecule has 1 fully saturated rings. The minimum atomic E-state index is -0.802. The number of nitrogens with zero attached hydrogens (tertiary/aromatic N) is 1. The fourth-order valence-electron chi connectivity index (χ4n) is 2.23. The van der Waals surface area contributed by atoms with Gasteiger partial charge in [0.05, 0.1) is 12.5 Å². The largest absolute Gasteiger partial charge is 0.481 e. The van der Waals surface area contributed by atoms with Crippen molar-refractivity contribution < 1.29 is 14.7 Å². The molecule has 1 aliphatic heterocycles. The van der Waals surface area contributed by atoms with Crippen molar-refractivity contribution in [3.63, 3.8) is 0 Å². The van der Waals surface area contributed by atoms with Crippen molar-refractivity contribution in [2.24, 2.45) is 0 Å². The molecule has 6 heteroatoms. The molecule has 1 heterocycles. The minimum absolute atomic E-state index is 0.0147. The van der Waals surface area contributed by atoms with Gasteiger partial charge < -0.3 is 10.4 Å². The molecule has 1 aliphatic rings. The summed E-state index contributed by atoms with van der Waals surface area (Å²) in [4.78, 5) is 25.3. The van der Waals surface area contributed by atoms with E-state index < -0.39 is 5.97 Å². The summed E-state index contributed by atoms with van der Waals surface area (Å²) >= 11 is 1.76. The van der Waals surface area contributed by atoms with E-state index in [4.69, 9.17) is 5.11 Å². The van der Waals surface area contributed by atoms with Crippen molar-refractivity contribution >= 4 is 23.6 Å². The topological polar surface area (TPSA) is 69.6 Å². The van der Waals surface area contributed by atoms with Gasteiger partial charge in [-0.05, 0) is 27.2 Å². The molecule has 0 bridgehead atoms. The summed E-state index contributed by atoms with van der Waals surface area (Å²) in [5.41, 5.74) is -0.224. The van der Waals surface area contributed by atoms with Crippen LogP contribution in [0.3, 0.4) is 0 Å². The number of aliphatic carboxylic acids is 1. The Hall–Kier alpha value is -0.750. The van der Waals surface area contributed by atoms with E-state index in [1.807, 2.05) is 32.6 Å². The molecule has 116 valence electrons. The molecule has 0 radical (unpaired) electrons. The van der Waals surface area contributed by atoms with Crippen LogP contribution in [0.15, 0.2) is 0 Å². The van der Waals surface area contributed by atoms with E-state index in [0.29, 0.717) is 0 Å². The van der Waals surface area contributed by atoms with Crippen molar-refractivity contribution in [3.05, 3.63) is 0 Å². The van der Waals surface area contributed by atoms with Gasteiger partial charge in [-0.3, -0.25) is 14.5 Å². The van der Waals surface area contributed by atoms with Crippen molar-refractivity contribution in [1.82, 2.24) is 10.2 Å². The number of carbonyl (C=O) groups is 2. The van der Waals surface area contributed by atoms with E-state index in [9.17, 15) is 9.59 Å². The quantitative estimate of drug-likeness (QED) is 0.779. The van der Waals surface area contributed by atoms with Crippen LogP contribution in [0, 0.1) is 0 Å². The number of nitrogens with one attached hydrogen (secondary N) is 1. The Kier molecular flexibility index (Phi) is 6.33. The molecule has 0 aromatic carbocycles. The third-order valence-corrected chi connectivity index (χ3v) is 5.00. The minimum Gasteiger partial charge on any atom is -0.481 e. The van der Waals surface area contributed by atoms with Crippen molar-refractivity contribution in [1.29, 1.82) is 0 Å². The van der Waals surface area contributed by atoms with Crippen LogP contribution in [-0.4, -0.2) is 57.6 Å². The highest BCUT2D eigenvalue weighted by atomic mass is 32.2. The normalized spacial score (nSPS) is 22.3. The second-order valence-corrected chi connectivity index (χ2v) is 7.12. The fraction of sp³-hybridized carbons (Fsp3) is 0.857. The molecule has 0 aromatic heterocycles. The summed E-state index contributed by atoms with van der Waals surface area (Å²) in [5, 5.41) is 12.0. The van der Waals surface area contributed by atoms with Gasteiger partial charge in [0.2, 0.25) is 5.91 Å². The first-order valence-corrected chi connectivity index (χ1v) is 8.29. The van der Waals surface area contributed by atoms with E-state index in [2.05, 4.69) is 5.32 Å². The highest BCUT2D eigenvalue weighted by Crippen LogP contribution is 2.22. The van der Waals surface area contributed by atoms with Gasteiger partial charge >= 0.3 is 5.97 Å². The summed E-state index contributed by atoms with van der Waals surface area (Å²) in [5.74, 6) is 0.912. The van der Waals surface area contributed by atoms with Gasteiger partial charge in [-0.15, -0.1) is 0 Å². The second-order valence-electron chi connectivity index (χ2n) is 5.97. The number of hydrogen-bond donors (Lipinski definition) is 2. The van der Waals surface area contributed by atoms with Gasteiger partial charge in [0.15, 0.2) is 0 Å². The van der Waals surface area contributed by atoms with Crippen LogP contribution >= 0.6 is 11.8 Å². The van der Waals surface area contributed by atoms with Gasteiger partial charge in [0.1, 0.15) is 0 Å². The monoisotopic (exact) mass is 302 g/mol. The predicted octanol–water partition coefficient (Wildman–Crippen LogP) is 1.57. The first kappa shape index (κ1) is 17.3. The maximum absolute atomic E-state index is 12.3. The molecule has 20 heavy (non-hydrogen) atoms. The average molecular weight is 302 g/mol. The Morgan fingerprint density at radius 3 is 2.70 bits per heavy atom. The van der Waals surface area contributed by atoms with Crippen LogP contribution in [0.4, 0.5) is 0 Å². The van der Waals surface area contributed by atoms with Crippen molar-refractivity contribution in [3.8, 4) is 0 Å². The smallest absolute Gasteiger partial charge is 0.304 e. The van der Waals surface area contributed by atoms with Crippen LogP contribution in [0.25, 0.3) is 0 Å². The van der Waals surface area contributed by atoms with E-state index >= 15 is 0 Å². The van der Waals surface area contributed by atoms with Crippen LogP contribution in [-0.2, 0) is 9.59 Å². The maximum atomic E-state index is 12.3. The average Bonchev–Trinajstić information content (AvgIpc) is 2.37. The number of carbonyl (C=O) groups excluding carboxylic acids is 1. The molecule has 0 aromatic rings. The molecule has 0 aliphatic carbocycles. The molecule has 1 saturated heterocycles. The zero-order chi connectivity index (χ0) is 15.3. The summed E-state index contributed by atoms with van der Waals surface area (Å²) in [7, 11) is 0. The van der Waals surface area contributed by atoms with Gasteiger partial charge in [-0.25, -0.2) is 0 Å². The van der Waals surface area contributed by atoms with Crippen LogP contribution in [0.5, 0.6) is 0 Å².